The third-order valence-corrected chi connectivity index (χ3v) is 4.44. The van der Waals surface area contributed by atoms with Crippen LogP contribution >= 0.6 is 0 Å². The molecular formula is C13H24. The van der Waals surface area contributed by atoms with Crippen LogP contribution in [0, 0.1) is 11.3 Å². The van der Waals surface area contributed by atoms with Crippen LogP contribution in [-0.4, -0.2) is 0 Å². The fourth-order valence-electron chi connectivity index (χ4n) is 3.33. The summed E-state index contributed by atoms with van der Waals surface area (Å²) in [6.45, 7) is 2.52. The van der Waals surface area contributed by atoms with Gasteiger partial charge in [-0.1, -0.05) is 45.4 Å². The van der Waals surface area contributed by atoms with E-state index in [1.54, 1.807) is 0 Å². The standard InChI is InChI=1S/C13H24/c1-13(9-4-5-10-13)11-8-12-6-2-3-7-12/h12H,2-11H2,1H3. The summed E-state index contributed by atoms with van der Waals surface area (Å²) in [6, 6.07) is 0. The van der Waals surface area contributed by atoms with Crippen LogP contribution in [-0.2, 0) is 0 Å². The number of hydrogen-bond donors (Lipinski definition) is 0. The Kier molecular flexibility index (Phi) is 2.96. The molecule has 13 heavy (non-hydrogen) atoms. The van der Waals surface area contributed by atoms with Gasteiger partial charge in [-0.2, -0.15) is 0 Å². The van der Waals surface area contributed by atoms with Crippen LogP contribution in [0.15, 0.2) is 0 Å². The second-order valence-corrected chi connectivity index (χ2v) is 5.71. The maximum absolute atomic E-state index is 2.52. The van der Waals surface area contributed by atoms with Gasteiger partial charge < -0.3 is 0 Å². The minimum atomic E-state index is 0.753. The van der Waals surface area contributed by atoms with Crippen LogP contribution in [0.25, 0.3) is 0 Å². The molecule has 0 heteroatoms. The first-order valence-electron chi connectivity index (χ1n) is 6.29. The Morgan fingerprint density at radius 3 is 2.23 bits per heavy atom. The Labute approximate surface area is 83.1 Å². The van der Waals surface area contributed by atoms with Gasteiger partial charge in [-0.05, 0) is 37.0 Å². The first-order valence-corrected chi connectivity index (χ1v) is 6.29. The first-order chi connectivity index (χ1) is 6.29. The Bertz CT molecular complexity index is 147. The molecule has 2 rings (SSSR count). The van der Waals surface area contributed by atoms with Gasteiger partial charge in [-0.15, -0.1) is 0 Å². The summed E-state index contributed by atoms with van der Waals surface area (Å²) in [7, 11) is 0. The molecule has 0 aromatic rings. The van der Waals surface area contributed by atoms with Gasteiger partial charge in [0.15, 0.2) is 0 Å². The highest BCUT2D eigenvalue weighted by atomic mass is 14.3. The van der Waals surface area contributed by atoms with Crippen molar-refractivity contribution in [1.29, 1.82) is 0 Å². The van der Waals surface area contributed by atoms with Crippen molar-refractivity contribution in [3.8, 4) is 0 Å². The van der Waals surface area contributed by atoms with E-state index in [1.165, 1.54) is 64.2 Å². The van der Waals surface area contributed by atoms with Gasteiger partial charge >= 0.3 is 0 Å². The first kappa shape index (κ1) is 9.55. The molecule has 2 saturated carbocycles. The van der Waals surface area contributed by atoms with Gasteiger partial charge in [0, 0.05) is 0 Å². The maximum Gasteiger partial charge on any atom is -0.0326 e. The highest BCUT2D eigenvalue weighted by molar-refractivity contribution is 4.81. The van der Waals surface area contributed by atoms with E-state index in [9.17, 15) is 0 Å². The van der Waals surface area contributed by atoms with Crippen molar-refractivity contribution >= 4 is 0 Å². The molecule has 0 amide bonds. The lowest BCUT2D eigenvalue weighted by Crippen LogP contribution is -2.12. The molecule has 2 fully saturated rings. The van der Waals surface area contributed by atoms with Crippen molar-refractivity contribution in [1.82, 2.24) is 0 Å². The predicted molar refractivity (Wildman–Crippen MR) is 57.8 cm³/mol. The number of rotatable bonds is 3. The number of hydrogen-bond acceptors (Lipinski definition) is 0. The van der Waals surface area contributed by atoms with Crippen LogP contribution < -0.4 is 0 Å². The molecule has 0 unspecified atom stereocenters. The highest BCUT2D eigenvalue weighted by Gasteiger charge is 2.29. The molecule has 0 saturated heterocycles. The Morgan fingerprint density at radius 2 is 1.62 bits per heavy atom. The molecule has 0 atom stereocenters. The molecule has 0 N–H and O–H groups in total. The van der Waals surface area contributed by atoms with Gasteiger partial charge in [0.05, 0.1) is 0 Å². The smallest absolute Gasteiger partial charge is 0.0326 e. The fraction of sp³-hybridized carbons (Fsp3) is 1.00. The zero-order chi connectivity index (χ0) is 9.15. The average molecular weight is 180 g/mol. The van der Waals surface area contributed by atoms with Crippen molar-refractivity contribution in [2.45, 2.75) is 71.1 Å². The highest BCUT2D eigenvalue weighted by Crippen LogP contribution is 2.43. The van der Waals surface area contributed by atoms with E-state index >= 15 is 0 Å². The predicted octanol–water partition coefficient (Wildman–Crippen LogP) is 4.54. The van der Waals surface area contributed by atoms with Crippen molar-refractivity contribution in [3.05, 3.63) is 0 Å². The summed E-state index contributed by atoms with van der Waals surface area (Å²) < 4.78 is 0. The summed E-state index contributed by atoms with van der Waals surface area (Å²) in [5.74, 6) is 1.11. The van der Waals surface area contributed by atoms with E-state index in [0.29, 0.717) is 0 Å². The molecule has 0 bridgehead atoms. The molecule has 0 nitrogen and oxygen atoms in total. The molecule has 0 radical (unpaired) electrons. The largest absolute Gasteiger partial charge is 0.0596 e. The second kappa shape index (κ2) is 4.02. The zero-order valence-corrected chi connectivity index (χ0v) is 9.15. The van der Waals surface area contributed by atoms with Gasteiger partial charge in [0.1, 0.15) is 0 Å². The van der Waals surface area contributed by atoms with E-state index in [-0.39, 0.29) is 0 Å². The summed E-state index contributed by atoms with van der Waals surface area (Å²) in [4.78, 5) is 0. The Morgan fingerprint density at radius 1 is 1.00 bits per heavy atom. The topological polar surface area (TPSA) is 0 Å². The lowest BCUT2D eigenvalue weighted by atomic mass is 9.81. The second-order valence-electron chi connectivity index (χ2n) is 5.71. The molecule has 2 aliphatic rings. The maximum atomic E-state index is 2.52. The van der Waals surface area contributed by atoms with Crippen molar-refractivity contribution in [2.24, 2.45) is 11.3 Å². The molecule has 0 aromatic carbocycles. The third-order valence-electron chi connectivity index (χ3n) is 4.44. The molecule has 2 aliphatic carbocycles. The van der Waals surface area contributed by atoms with E-state index in [1.807, 2.05) is 0 Å². The molecular weight excluding hydrogens is 156 g/mol. The van der Waals surface area contributed by atoms with Gasteiger partial charge in [-0.3, -0.25) is 0 Å². The van der Waals surface area contributed by atoms with Crippen LogP contribution in [0.3, 0.4) is 0 Å². The molecule has 0 spiro atoms. The summed E-state index contributed by atoms with van der Waals surface area (Å²) in [6.07, 6.45) is 15.2. The van der Waals surface area contributed by atoms with Crippen LogP contribution in [0.1, 0.15) is 71.1 Å². The summed E-state index contributed by atoms with van der Waals surface area (Å²) in [5, 5.41) is 0. The monoisotopic (exact) mass is 180 g/mol. The lowest BCUT2D eigenvalue weighted by Gasteiger charge is -2.24. The fourth-order valence-corrected chi connectivity index (χ4v) is 3.33. The van der Waals surface area contributed by atoms with E-state index in [0.717, 1.165) is 11.3 Å². The van der Waals surface area contributed by atoms with Crippen molar-refractivity contribution in [2.75, 3.05) is 0 Å². The van der Waals surface area contributed by atoms with Gasteiger partial charge in [-0.25, -0.2) is 0 Å². The lowest BCUT2D eigenvalue weighted by molar-refractivity contribution is 0.273. The quantitative estimate of drug-likeness (QED) is 0.598. The minimum absolute atomic E-state index is 0.753. The van der Waals surface area contributed by atoms with E-state index in [2.05, 4.69) is 6.92 Å². The molecule has 0 aromatic heterocycles. The minimum Gasteiger partial charge on any atom is -0.0596 e. The van der Waals surface area contributed by atoms with Crippen LogP contribution in [0.4, 0.5) is 0 Å². The van der Waals surface area contributed by atoms with Crippen LogP contribution in [0.5, 0.6) is 0 Å². The molecule has 0 heterocycles. The van der Waals surface area contributed by atoms with E-state index < -0.39 is 0 Å². The average Bonchev–Trinajstić information content (AvgIpc) is 2.72. The Balaban J connectivity index is 1.71. The van der Waals surface area contributed by atoms with Crippen LogP contribution in [0.2, 0.25) is 0 Å². The van der Waals surface area contributed by atoms with E-state index in [4.69, 9.17) is 0 Å². The van der Waals surface area contributed by atoms with Gasteiger partial charge in [0.25, 0.3) is 0 Å². The summed E-state index contributed by atoms with van der Waals surface area (Å²) in [5.41, 5.74) is 0.753. The zero-order valence-electron chi connectivity index (χ0n) is 9.15. The Hall–Kier alpha value is 0. The van der Waals surface area contributed by atoms with Gasteiger partial charge in [0.2, 0.25) is 0 Å². The normalized spacial score (nSPS) is 28.4. The SMILES string of the molecule is CC1(CCC2CCCC2)CCCC1. The molecule has 0 aliphatic heterocycles. The summed E-state index contributed by atoms with van der Waals surface area (Å²) >= 11 is 0. The molecule has 76 valence electrons. The van der Waals surface area contributed by atoms with Crippen molar-refractivity contribution in [3.63, 3.8) is 0 Å². The third kappa shape index (κ3) is 2.48. The van der Waals surface area contributed by atoms with Crippen molar-refractivity contribution < 1.29 is 0 Å².